The molecule has 0 aliphatic heterocycles. The average Bonchev–Trinajstić information content (AvgIpc) is 3.53. The Morgan fingerprint density at radius 1 is 0.911 bits per heavy atom. The summed E-state index contributed by atoms with van der Waals surface area (Å²) in [5, 5.41) is 0. The van der Waals surface area contributed by atoms with Crippen molar-refractivity contribution in [2.45, 2.75) is 137 Å². The van der Waals surface area contributed by atoms with E-state index in [-0.39, 0.29) is 5.41 Å². The standard InChI is InChI=1S/C52H72N2O2/c1-8-42(30-37(5)53)55-43-19-11-16-38(31-43)52(39-17-12-20-44(32-39)56-45-21-13-18-41(54)33-45)29-28-50(6)40(34-52)22-23-46-48-25-24-47(51(48,7)27-26-49(46)50)36(4)15-10-9-14-35(2)3/h8,11-14,17-21,30-33,36,38,40,46-49H,9-10,15-16,22-29,34,53-54H2,1-7H3/b37-30+,42-8+. The van der Waals surface area contributed by atoms with E-state index in [1.807, 2.05) is 50.3 Å². The zero-order valence-electron chi connectivity index (χ0n) is 35.8. The van der Waals surface area contributed by atoms with Crippen LogP contribution in [-0.2, 0) is 10.2 Å². The zero-order valence-corrected chi connectivity index (χ0v) is 35.8. The van der Waals surface area contributed by atoms with Crippen LogP contribution in [-0.4, -0.2) is 0 Å². The molecule has 4 nitrogen and oxygen atoms in total. The lowest BCUT2D eigenvalue weighted by Crippen LogP contribution is -2.56. The second-order valence-electron chi connectivity index (χ2n) is 19.6. The van der Waals surface area contributed by atoms with Gasteiger partial charge in [0.2, 0.25) is 0 Å². The van der Waals surface area contributed by atoms with Gasteiger partial charge in [-0.2, -0.15) is 0 Å². The molecule has 4 saturated carbocycles. The molecule has 0 amide bonds. The molecular weight excluding hydrogens is 685 g/mol. The maximum Gasteiger partial charge on any atom is 0.129 e. The minimum atomic E-state index is -0.0241. The van der Waals surface area contributed by atoms with Crippen LogP contribution < -0.4 is 16.2 Å². The number of nitrogens with two attached hydrogens (primary N) is 2. The molecule has 0 radical (unpaired) electrons. The summed E-state index contributed by atoms with van der Waals surface area (Å²) in [6.07, 6.45) is 30.5. The Hall–Kier alpha value is -3.66. The molecule has 56 heavy (non-hydrogen) atoms. The predicted octanol–water partition coefficient (Wildman–Crippen LogP) is 14.0. The van der Waals surface area contributed by atoms with E-state index in [2.05, 4.69) is 83.2 Å². The third kappa shape index (κ3) is 8.06. The fourth-order valence-electron chi connectivity index (χ4n) is 13.3. The summed E-state index contributed by atoms with van der Waals surface area (Å²) in [5.74, 6) is 8.73. The highest BCUT2D eigenvalue weighted by atomic mass is 16.5. The van der Waals surface area contributed by atoms with Crippen LogP contribution in [0.2, 0.25) is 0 Å². The summed E-state index contributed by atoms with van der Waals surface area (Å²) >= 11 is 0. The van der Waals surface area contributed by atoms with Crippen molar-refractivity contribution in [3.8, 4) is 11.5 Å². The number of anilines is 1. The first kappa shape index (κ1) is 40.5. The van der Waals surface area contributed by atoms with Crippen LogP contribution in [0, 0.1) is 52.3 Å². The van der Waals surface area contributed by atoms with Crippen LogP contribution in [0.5, 0.6) is 11.5 Å². The molecule has 10 atom stereocenters. The second kappa shape index (κ2) is 16.7. The molecule has 2 aromatic rings. The lowest BCUT2D eigenvalue weighted by Gasteiger charge is -2.63. The molecule has 5 aliphatic rings. The Labute approximate surface area is 340 Å². The van der Waals surface area contributed by atoms with Crippen LogP contribution in [0.3, 0.4) is 0 Å². The number of nitrogen functional groups attached to an aromatic ring is 1. The molecule has 0 heterocycles. The number of benzene rings is 2. The first-order valence-electron chi connectivity index (χ1n) is 22.3. The van der Waals surface area contributed by atoms with Gasteiger partial charge in [-0.15, -0.1) is 0 Å². The van der Waals surface area contributed by atoms with Crippen molar-refractivity contribution in [1.29, 1.82) is 0 Å². The van der Waals surface area contributed by atoms with Crippen molar-refractivity contribution in [1.82, 2.24) is 0 Å². The minimum Gasteiger partial charge on any atom is -0.458 e. The fourth-order valence-corrected chi connectivity index (χ4v) is 13.3. The third-order valence-corrected chi connectivity index (χ3v) is 16.1. The van der Waals surface area contributed by atoms with Gasteiger partial charge in [0.1, 0.15) is 23.0 Å². The number of rotatable bonds is 12. The van der Waals surface area contributed by atoms with Crippen molar-refractivity contribution < 1.29 is 9.47 Å². The van der Waals surface area contributed by atoms with Crippen LogP contribution in [0.4, 0.5) is 5.69 Å². The van der Waals surface area contributed by atoms with E-state index in [1.165, 1.54) is 88.2 Å². The van der Waals surface area contributed by atoms with Gasteiger partial charge in [-0.1, -0.05) is 63.1 Å². The highest BCUT2D eigenvalue weighted by Crippen LogP contribution is 2.70. The summed E-state index contributed by atoms with van der Waals surface area (Å²) in [6, 6.07) is 16.8. The van der Waals surface area contributed by atoms with Crippen LogP contribution in [0.15, 0.2) is 108 Å². The monoisotopic (exact) mass is 757 g/mol. The van der Waals surface area contributed by atoms with Crippen LogP contribution >= 0.6 is 0 Å². The number of allylic oxidation sites excluding steroid dienone is 8. The molecule has 7 rings (SSSR count). The van der Waals surface area contributed by atoms with Crippen LogP contribution in [0.1, 0.15) is 138 Å². The molecule has 0 spiro atoms. The lowest BCUT2D eigenvalue weighted by atomic mass is 9.41. The normalized spacial score (nSPS) is 34.7. The molecular formula is C52H72N2O2. The minimum absolute atomic E-state index is 0.0241. The highest BCUT2D eigenvalue weighted by molar-refractivity contribution is 5.46. The first-order chi connectivity index (χ1) is 26.8. The molecule has 2 aromatic carbocycles. The van der Waals surface area contributed by atoms with Gasteiger partial charge in [-0.3, -0.25) is 0 Å². The summed E-state index contributed by atoms with van der Waals surface area (Å²) < 4.78 is 13.0. The number of hydrogen-bond donors (Lipinski definition) is 2. The molecule has 4 N–H and O–H groups in total. The van der Waals surface area contributed by atoms with Gasteiger partial charge in [0.25, 0.3) is 0 Å². The van der Waals surface area contributed by atoms with E-state index < -0.39 is 0 Å². The summed E-state index contributed by atoms with van der Waals surface area (Å²) in [6.45, 7) is 16.5. The van der Waals surface area contributed by atoms with Gasteiger partial charge in [-0.25, -0.2) is 0 Å². The van der Waals surface area contributed by atoms with Gasteiger partial charge in [0.05, 0.1) is 0 Å². The molecule has 4 heteroatoms. The van der Waals surface area contributed by atoms with Gasteiger partial charge in [-0.05, 0) is 211 Å². The van der Waals surface area contributed by atoms with E-state index in [0.29, 0.717) is 28.4 Å². The van der Waals surface area contributed by atoms with Crippen molar-refractivity contribution in [3.05, 3.63) is 113 Å². The van der Waals surface area contributed by atoms with Crippen molar-refractivity contribution in [3.63, 3.8) is 0 Å². The number of ether oxygens (including phenoxy) is 2. The highest BCUT2D eigenvalue weighted by Gasteiger charge is 2.62. The number of fused-ring (bicyclic) bond motifs is 5. The fraction of sp³-hybridized carbons (Fsp3) is 0.577. The van der Waals surface area contributed by atoms with Crippen molar-refractivity contribution in [2.75, 3.05) is 5.73 Å². The van der Waals surface area contributed by atoms with E-state index in [9.17, 15) is 0 Å². The second-order valence-corrected chi connectivity index (χ2v) is 19.6. The predicted molar refractivity (Wildman–Crippen MR) is 235 cm³/mol. The smallest absolute Gasteiger partial charge is 0.129 e. The van der Waals surface area contributed by atoms with Gasteiger partial charge in [0.15, 0.2) is 0 Å². The van der Waals surface area contributed by atoms with Crippen LogP contribution in [0.25, 0.3) is 0 Å². The van der Waals surface area contributed by atoms with E-state index in [4.69, 9.17) is 20.9 Å². The Morgan fingerprint density at radius 2 is 1.68 bits per heavy atom. The van der Waals surface area contributed by atoms with E-state index in [0.717, 1.165) is 64.7 Å². The van der Waals surface area contributed by atoms with Crippen molar-refractivity contribution >= 4 is 5.69 Å². The third-order valence-electron chi connectivity index (χ3n) is 16.1. The molecule has 0 bridgehead atoms. The number of unbranched alkanes of at least 4 members (excludes halogenated alkanes) is 1. The van der Waals surface area contributed by atoms with Gasteiger partial charge in [0, 0.05) is 22.9 Å². The Balaban J connectivity index is 1.16. The molecule has 0 saturated heterocycles. The lowest BCUT2D eigenvalue weighted by molar-refractivity contribution is -0.127. The Morgan fingerprint density at radius 3 is 2.43 bits per heavy atom. The molecule has 302 valence electrons. The number of hydrogen-bond acceptors (Lipinski definition) is 4. The summed E-state index contributed by atoms with van der Waals surface area (Å²) in [4.78, 5) is 0. The zero-order chi connectivity index (χ0) is 39.7. The molecule has 10 unspecified atom stereocenters. The maximum atomic E-state index is 6.52. The molecule has 4 fully saturated rings. The summed E-state index contributed by atoms with van der Waals surface area (Å²) in [5.41, 5.74) is 17.4. The Bertz CT molecular complexity index is 1860. The maximum absolute atomic E-state index is 6.52. The molecule has 5 aliphatic carbocycles. The van der Waals surface area contributed by atoms with Gasteiger partial charge < -0.3 is 20.9 Å². The first-order valence-corrected chi connectivity index (χ1v) is 22.3. The van der Waals surface area contributed by atoms with E-state index in [1.54, 1.807) is 0 Å². The summed E-state index contributed by atoms with van der Waals surface area (Å²) in [7, 11) is 0. The average molecular weight is 757 g/mol. The van der Waals surface area contributed by atoms with E-state index >= 15 is 0 Å². The largest absolute Gasteiger partial charge is 0.458 e. The topological polar surface area (TPSA) is 70.5 Å². The Kier molecular flexibility index (Phi) is 12.1. The quantitative estimate of drug-likeness (QED) is 0.0744. The van der Waals surface area contributed by atoms with Crippen molar-refractivity contribution in [2.24, 2.45) is 58.0 Å². The SMILES string of the molecule is C/C=C(\C=C(/C)N)OC1=CC(C2(c3cccc(Oc4cccc(N)c4)c3)CCC3(C)C(CCC4C3CCC3(C)C(C(C)CCCC=C(C)C)CCC43)C2)CC=C1. The van der Waals surface area contributed by atoms with Gasteiger partial charge >= 0.3 is 0 Å². The molecule has 0 aromatic heterocycles.